The van der Waals surface area contributed by atoms with Crippen molar-refractivity contribution >= 4 is 45.0 Å². The monoisotopic (exact) mass is 368 g/mol. The second-order valence-electron chi connectivity index (χ2n) is 4.37. The number of carbonyl (C=O) groups excluding carboxylic acids is 1. The maximum absolute atomic E-state index is 12.0. The highest BCUT2D eigenvalue weighted by Crippen LogP contribution is 2.24. The van der Waals surface area contributed by atoms with Crippen LogP contribution in [0.4, 0.5) is 10.5 Å². The summed E-state index contributed by atoms with van der Waals surface area (Å²) in [6.45, 7) is 1.94. The number of aliphatic carboxylic acids is 1. The summed E-state index contributed by atoms with van der Waals surface area (Å²) in [5.74, 6) is -1.10. The van der Waals surface area contributed by atoms with E-state index < -0.39 is 18.0 Å². The number of benzene rings is 1. The van der Waals surface area contributed by atoms with Crippen LogP contribution in [-0.2, 0) is 4.79 Å². The third-order valence-electron chi connectivity index (χ3n) is 2.72. The Bertz CT molecular complexity index is 658. The molecule has 3 N–H and O–H groups in total. The van der Waals surface area contributed by atoms with Gasteiger partial charge in [-0.25, -0.2) is 9.59 Å². The number of nitrogens with one attached hydrogen (secondary N) is 2. The largest absolute Gasteiger partial charge is 0.479 e. The molecule has 7 heteroatoms. The third-order valence-corrected chi connectivity index (χ3v) is 4.32. The third kappa shape index (κ3) is 4.05. The van der Waals surface area contributed by atoms with Crippen LogP contribution in [0.15, 0.2) is 40.2 Å². The van der Waals surface area contributed by atoms with Gasteiger partial charge in [-0.15, -0.1) is 11.3 Å². The second kappa shape index (κ2) is 6.73. The summed E-state index contributed by atoms with van der Waals surface area (Å²) >= 11 is 4.63. The van der Waals surface area contributed by atoms with Gasteiger partial charge in [-0.2, -0.15) is 0 Å². The predicted octanol–water partition coefficient (Wildman–Crippen LogP) is 3.77. The number of carbonyl (C=O) groups is 2. The Hall–Kier alpha value is -1.86. The molecule has 0 aliphatic heterocycles. The van der Waals surface area contributed by atoms with Gasteiger partial charge in [0.15, 0.2) is 6.04 Å². The van der Waals surface area contributed by atoms with Gasteiger partial charge in [-0.1, -0.05) is 12.1 Å². The highest BCUT2D eigenvalue weighted by atomic mass is 79.9. The Morgan fingerprint density at radius 3 is 2.67 bits per heavy atom. The van der Waals surface area contributed by atoms with E-state index in [9.17, 15) is 14.7 Å². The van der Waals surface area contributed by atoms with Crippen LogP contribution in [0.2, 0.25) is 0 Å². The summed E-state index contributed by atoms with van der Waals surface area (Å²) in [4.78, 5) is 23.8. The fourth-order valence-corrected chi connectivity index (χ4v) is 3.08. The van der Waals surface area contributed by atoms with Crippen molar-refractivity contribution in [3.63, 3.8) is 0 Å². The summed E-state index contributed by atoms with van der Waals surface area (Å²) in [6.07, 6.45) is 0. The minimum Gasteiger partial charge on any atom is -0.479 e. The minimum atomic E-state index is -1.10. The van der Waals surface area contributed by atoms with Crippen molar-refractivity contribution in [2.75, 3.05) is 5.32 Å². The number of anilines is 1. The van der Waals surface area contributed by atoms with E-state index in [2.05, 4.69) is 26.6 Å². The molecule has 1 aromatic heterocycles. The Morgan fingerprint density at radius 1 is 1.33 bits per heavy atom. The summed E-state index contributed by atoms with van der Waals surface area (Å²) in [7, 11) is 0. The Morgan fingerprint density at radius 2 is 2.10 bits per heavy atom. The van der Waals surface area contributed by atoms with Crippen LogP contribution in [0.1, 0.15) is 16.5 Å². The van der Waals surface area contributed by atoms with Gasteiger partial charge in [0, 0.05) is 9.35 Å². The average Bonchev–Trinajstić information content (AvgIpc) is 2.92. The topological polar surface area (TPSA) is 78.4 Å². The number of urea groups is 1. The van der Waals surface area contributed by atoms with Crippen LogP contribution in [0, 0.1) is 6.92 Å². The molecule has 0 aliphatic rings. The first kappa shape index (κ1) is 15.5. The summed E-state index contributed by atoms with van der Waals surface area (Å²) in [5, 5.41) is 16.0. The number of hydrogen-bond donors (Lipinski definition) is 3. The molecular weight excluding hydrogens is 356 g/mol. The number of aryl methyl sites for hydroxylation is 1. The summed E-state index contributed by atoms with van der Waals surface area (Å²) < 4.78 is 0.737. The number of carboxylic acids is 1. The lowest BCUT2D eigenvalue weighted by molar-refractivity contribution is -0.139. The molecule has 1 heterocycles. The van der Waals surface area contributed by atoms with E-state index in [4.69, 9.17) is 0 Å². The molecule has 21 heavy (non-hydrogen) atoms. The van der Waals surface area contributed by atoms with Gasteiger partial charge >= 0.3 is 12.0 Å². The SMILES string of the molecule is Cc1ccc(NC(=O)NC(C(=O)O)c2cccs2)c(Br)c1. The van der Waals surface area contributed by atoms with E-state index in [1.807, 2.05) is 19.1 Å². The number of halogens is 1. The molecule has 0 bridgehead atoms. The van der Waals surface area contributed by atoms with Crippen molar-refractivity contribution < 1.29 is 14.7 Å². The Labute approximate surface area is 134 Å². The van der Waals surface area contributed by atoms with Crippen LogP contribution in [0.3, 0.4) is 0 Å². The van der Waals surface area contributed by atoms with E-state index in [-0.39, 0.29) is 0 Å². The fourth-order valence-electron chi connectivity index (χ4n) is 1.72. The average molecular weight is 369 g/mol. The van der Waals surface area contributed by atoms with Crippen molar-refractivity contribution in [3.8, 4) is 0 Å². The molecule has 2 aromatic rings. The van der Waals surface area contributed by atoms with E-state index in [0.717, 1.165) is 10.0 Å². The normalized spacial score (nSPS) is 11.7. The summed E-state index contributed by atoms with van der Waals surface area (Å²) in [5.41, 5.74) is 1.63. The molecule has 0 radical (unpaired) electrons. The van der Waals surface area contributed by atoms with Crippen molar-refractivity contribution in [3.05, 3.63) is 50.6 Å². The quantitative estimate of drug-likeness (QED) is 0.768. The first-order chi connectivity index (χ1) is 9.97. The molecule has 0 aliphatic carbocycles. The number of rotatable bonds is 4. The van der Waals surface area contributed by atoms with E-state index in [0.29, 0.717) is 10.6 Å². The zero-order valence-corrected chi connectivity index (χ0v) is 13.5. The molecule has 1 aromatic carbocycles. The molecule has 0 fully saturated rings. The van der Waals surface area contributed by atoms with Crippen LogP contribution in [-0.4, -0.2) is 17.1 Å². The van der Waals surface area contributed by atoms with Crippen LogP contribution in [0.25, 0.3) is 0 Å². The zero-order chi connectivity index (χ0) is 15.4. The van der Waals surface area contributed by atoms with E-state index in [1.165, 1.54) is 11.3 Å². The van der Waals surface area contributed by atoms with Crippen LogP contribution >= 0.6 is 27.3 Å². The first-order valence-electron chi connectivity index (χ1n) is 6.07. The molecular formula is C14H13BrN2O3S. The number of amides is 2. The van der Waals surface area contributed by atoms with Crippen LogP contribution in [0.5, 0.6) is 0 Å². The molecule has 2 rings (SSSR count). The number of hydrogen-bond acceptors (Lipinski definition) is 3. The number of thiophene rings is 1. The summed E-state index contributed by atoms with van der Waals surface area (Å²) in [6, 6.07) is 7.25. The van der Waals surface area contributed by atoms with Gasteiger partial charge in [0.25, 0.3) is 0 Å². The Balaban J connectivity index is 2.08. The van der Waals surface area contributed by atoms with Gasteiger partial charge in [0.05, 0.1) is 5.69 Å². The van der Waals surface area contributed by atoms with Gasteiger partial charge < -0.3 is 15.7 Å². The first-order valence-corrected chi connectivity index (χ1v) is 7.74. The Kier molecular flexibility index (Phi) is 4.98. The highest BCUT2D eigenvalue weighted by molar-refractivity contribution is 9.10. The molecule has 2 amide bonds. The smallest absolute Gasteiger partial charge is 0.331 e. The zero-order valence-electron chi connectivity index (χ0n) is 11.1. The van der Waals surface area contributed by atoms with Crippen LogP contribution < -0.4 is 10.6 Å². The predicted molar refractivity (Wildman–Crippen MR) is 85.7 cm³/mol. The van der Waals surface area contributed by atoms with E-state index in [1.54, 1.807) is 23.6 Å². The fraction of sp³-hybridized carbons (Fsp3) is 0.143. The van der Waals surface area contributed by atoms with Gasteiger partial charge in [0.1, 0.15) is 0 Å². The number of carboxylic acid groups (broad SMARTS) is 1. The van der Waals surface area contributed by atoms with Crippen molar-refractivity contribution in [1.29, 1.82) is 0 Å². The van der Waals surface area contributed by atoms with Gasteiger partial charge in [0.2, 0.25) is 0 Å². The molecule has 0 spiro atoms. The van der Waals surface area contributed by atoms with Gasteiger partial charge in [-0.3, -0.25) is 0 Å². The standard InChI is InChI=1S/C14H13BrN2O3S/c1-8-4-5-10(9(15)7-8)16-14(20)17-12(13(18)19)11-3-2-6-21-11/h2-7,12H,1H3,(H,18,19)(H2,16,17,20). The van der Waals surface area contributed by atoms with Gasteiger partial charge in [-0.05, 0) is 52.0 Å². The van der Waals surface area contributed by atoms with E-state index >= 15 is 0 Å². The lowest BCUT2D eigenvalue weighted by atomic mass is 10.2. The molecule has 1 unspecified atom stereocenters. The molecule has 0 saturated heterocycles. The molecule has 110 valence electrons. The second-order valence-corrected chi connectivity index (χ2v) is 6.20. The lowest BCUT2D eigenvalue weighted by Crippen LogP contribution is -2.36. The minimum absolute atomic E-state index is 0.569. The van der Waals surface area contributed by atoms with Crippen molar-refractivity contribution in [2.24, 2.45) is 0 Å². The lowest BCUT2D eigenvalue weighted by Gasteiger charge is -2.14. The van der Waals surface area contributed by atoms with Crippen molar-refractivity contribution in [2.45, 2.75) is 13.0 Å². The molecule has 0 saturated carbocycles. The highest BCUT2D eigenvalue weighted by Gasteiger charge is 2.23. The van der Waals surface area contributed by atoms with Crippen molar-refractivity contribution in [1.82, 2.24) is 5.32 Å². The molecule has 5 nitrogen and oxygen atoms in total. The molecule has 1 atom stereocenters. The maximum Gasteiger partial charge on any atom is 0.331 e. The maximum atomic E-state index is 12.0.